The van der Waals surface area contributed by atoms with Crippen molar-refractivity contribution >= 4 is 17.6 Å². The van der Waals surface area contributed by atoms with Gasteiger partial charge in [0, 0.05) is 18.2 Å². The Morgan fingerprint density at radius 1 is 0.963 bits per heavy atom. The highest BCUT2D eigenvalue weighted by Crippen LogP contribution is 2.21. The van der Waals surface area contributed by atoms with Gasteiger partial charge in [-0.1, -0.05) is 24.3 Å². The topological polar surface area (TPSA) is 73.9 Å². The normalized spacial score (nSPS) is 10.1. The number of hydrogen-bond acceptors (Lipinski definition) is 5. The van der Waals surface area contributed by atoms with Crippen molar-refractivity contribution in [2.24, 2.45) is 0 Å². The third-order valence-corrected chi connectivity index (χ3v) is 3.67. The molecule has 0 bridgehead atoms. The van der Waals surface area contributed by atoms with Crippen molar-refractivity contribution in [1.29, 1.82) is 0 Å². The van der Waals surface area contributed by atoms with Crippen LogP contribution < -0.4 is 14.8 Å². The Morgan fingerprint density at radius 2 is 1.78 bits per heavy atom. The Hall–Kier alpha value is -3.02. The molecular formula is C21H25NO5. The van der Waals surface area contributed by atoms with Crippen LogP contribution in [-0.2, 0) is 20.7 Å². The first-order valence-electron chi connectivity index (χ1n) is 9.01. The minimum atomic E-state index is -0.431. The lowest BCUT2D eigenvalue weighted by Gasteiger charge is -2.11. The van der Waals surface area contributed by atoms with E-state index in [4.69, 9.17) is 14.2 Å². The van der Waals surface area contributed by atoms with Gasteiger partial charge in [-0.05, 0) is 44.0 Å². The summed E-state index contributed by atoms with van der Waals surface area (Å²) in [4.78, 5) is 23.6. The predicted octanol–water partition coefficient (Wildman–Crippen LogP) is 3.60. The number of esters is 1. The van der Waals surface area contributed by atoms with E-state index in [0.29, 0.717) is 37.5 Å². The van der Waals surface area contributed by atoms with Crippen molar-refractivity contribution in [3.05, 3.63) is 54.1 Å². The summed E-state index contributed by atoms with van der Waals surface area (Å²) in [6.45, 7) is 4.40. The number of para-hydroxylation sites is 1. The van der Waals surface area contributed by atoms with Crippen LogP contribution in [0.5, 0.6) is 11.5 Å². The molecule has 0 unspecified atom stereocenters. The summed E-state index contributed by atoms with van der Waals surface area (Å²) >= 11 is 0. The van der Waals surface area contributed by atoms with E-state index < -0.39 is 5.97 Å². The van der Waals surface area contributed by atoms with Crippen LogP contribution in [0.4, 0.5) is 5.69 Å². The molecule has 27 heavy (non-hydrogen) atoms. The number of carbonyl (C=O) groups excluding carboxylic acids is 2. The predicted molar refractivity (Wildman–Crippen MR) is 103 cm³/mol. The number of rotatable bonds is 10. The second-order valence-corrected chi connectivity index (χ2v) is 5.71. The molecule has 0 aliphatic carbocycles. The second-order valence-electron chi connectivity index (χ2n) is 5.71. The van der Waals surface area contributed by atoms with Crippen molar-refractivity contribution in [3.63, 3.8) is 0 Å². The Labute approximate surface area is 159 Å². The van der Waals surface area contributed by atoms with Gasteiger partial charge in [0.15, 0.2) is 6.61 Å². The minimum absolute atomic E-state index is 0.108. The van der Waals surface area contributed by atoms with Gasteiger partial charge in [0.25, 0.3) is 0 Å². The number of nitrogens with one attached hydrogen (secondary N) is 1. The van der Waals surface area contributed by atoms with Crippen molar-refractivity contribution < 1.29 is 23.8 Å². The number of anilines is 1. The van der Waals surface area contributed by atoms with E-state index in [0.717, 1.165) is 11.3 Å². The molecule has 0 radical (unpaired) electrons. The molecule has 0 aliphatic rings. The molecular weight excluding hydrogens is 346 g/mol. The summed E-state index contributed by atoms with van der Waals surface area (Å²) < 4.78 is 15.8. The Balaban J connectivity index is 1.87. The molecule has 1 N–H and O–H groups in total. The van der Waals surface area contributed by atoms with Gasteiger partial charge in [0.1, 0.15) is 11.5 Å². The minimum Gasteiger partial charge on any atom is -0.494 e. The third kappa shape index (κ3) is 7.01. The zero-order valence-electron chi connectivity index (χ0n) is 15.7. The summed E-state index contributed by atoms with van der Waals surface area (Å²) in [5.41, 5.74) is 1.61. The third-order valence-electron chi connectivity index (χ3n) is 3.67. The molecule has 0 heterocycles. The first kappa shape index (κ1) is 20.3. The maximum absolute atomic E-state index is 12.3. The van der Waals surface area contributed by atoms with Crippen molar-refractivity contribution in [3.8, 4) is 11.5 Å². The first-order valence-corrected chi connectivity index (χ1v) is 9.01. The summed E-state index contributed by atoms with van der Waals surface area (Å²) in [5.74, 6) is 0.758. The standard InChI is InChI=1S/C21H25NO5/c1-3-25-19-11-6-5-8-16(19)12-13-20(23)22-17-9-7-10-18(14-17)27-15-21(24)26-4-2/h5-11,14H,3-4,12-13,15H2,1-2H3,(H,22,23). The highest BCUT2D eigenvalue weighted by molar-refractivity contribution is 5.91. The van der Waals surface area contributed by atoms with E-state index in [9.17, 15) is 9.59 Å². The van der Waals surface area contributed by atoms with Gasteiger partial charge >= 0.3 is 5.97 Å². The lowest BCUT2D eigenvalue weighted by atomic mass is 10.1. The molecule has 6 heteroatoms. The van der Waals surface area contributed by atoms with Gasteiger partial charge in [-0.2, -0.15) is 0 Å². The lowest BCUT2D eigenvalue weighted by molar-refractivity contribution is -0.145. The summed E-state index contributed by atoms with van der Waals surface area (Å²) in [6, 6.07) is 14.6. The monoisotopic (exact) mass is 371 g/mol. The molecule has 1 amide bonds. The SMILES string of the molecule is CCOC(=O)COc1cccc(NC(=O)CCc2ccccc2OCC)c1. The lowest BCUT2D eigenvalue weighted by Crippen LogP contribution is -2.15. The molecule has 0 aromatic heterocycles. The maximum Gasteiger partial charge on any atom is 0.344 e. The van der Waals surface area contributed by atoms with E-state index in [1.807, 2.05) is 31.2 Å². The zero-order chi connectivity index (χ0) is 19.5. The quantitative estimate of drug-likeness (QED) is 0.646. The van der Waals surface area contributed by atoms with Crippen LogP contribution in [0.25, 0.3) is 0 Å². The smallest absolute Gasteiger partial charge is 0.344 e. The van der Waals surface area contributed by atoms with E-state index in [-0.39, 0.29) is 12.5 Å². The number of ether oxygens (including phenoxy) is 3. The van der Waals surface area contributed by atoms with Gasteiger partial charge in [0.05, 0.1) is 13.2 Å². The van der Waals surface area contributed by atoms with Gasteiger partial charge < -0.3 is 19.5 Å². The summed E-state index contributed by atoms with van der Waals surface area (Å²) in [7, 11) is 0. The molecule has 144 valence electrons. The fraction of sp³-hybridized carbons (Fsp3) is 0.333. The van der Waals surface area contributed by atoms with Crippen LogP contribution in [0.2, 0.25) is 0 Å². The molecule has 0 aliphatic heterocycles. The number of aryl methyl sites for hydroxylation is 1. The van der Waals surface area contributed by atoms with Gasteiger partial charge in [-0.3, -0.25) is 4.79 Å². The average molecular weight is 371 g/mol. The number of benzene rings is 2. The number of amides is 1. The average Bonchev–Trinajstić information content (AvgIpc) is 2.66. The van der Waals surface area contributed by atoms with E-state index in [2.05, 4.69) is 5.32 Å². The van der Waals surface area contributed by atoms with Crippen LogP contribution in [-0.4, -0.2) is 31.7 Å². The zero-order valence-corrected chi connectivity index (χ0v) is 15.7. The molecule has 2 rings (SSSR count). The Morgan fingerprint density at radius 3 is 2.56 bits per heavy atom. The van der Waals surface area contributed by atoms with Crippen LogP contribution in [0.3, 0.4) is 0 Å². The largest absolute Gasteiger partial charge is 0.494 e. The highest BCUT2D eigenvalue weighted by atomic mass is 16.6. The van der Waals surface area contributed by atoms with Gasteiger partial charge in [0.2, 0.25) is 5.91 Å². The van der Waals surface area contributed by atoms with Crippen molar-refractivity contribution in [2.45, 2.75) is 26.7 Å². The number of hydrogen-bond donors (Lipinski definition) is 1. The van der Waals surface area contributed by atoms with E-state index in [1.165, 1.54) is 0 Å². The van der Waals surface area contributed by atoms with E-state index >= 15 is 0 Å². The van der Waals surface area contributed by atoms with Crippen molar-refractivity contribution in [2.75, 3.05) is 25.1 Å². The Bertz CT molecular complexity index is 760. The molecule has 0 saturated carbocycles. The molecule has 2 aromatic carbocycles. The fourth-order valence-electron chi connectivity index (χ4n) is 2.49. The molecule has 6 nitrogen and oxygen atoms in total. The highest BCUT2D eigenvalue weighted by Gasteiger charge is 2.08. The van der Waals surface area contributed by atoms with Gasteiger partial charge in [-0.15, -0.1) is 0 Å². The fourth-order valence-corrected chi connectivity index (χ4v) is 2.49. The molecule has 0 spiro atoms. The molecule has 2 aromatic rings. The van der Waals surface area contributed by atoms with Crippen molar-refractivity contribution in [1.82, 2.24) is 0 Å². The van der Waals surface area contributed by atoms with Crippen LogP contribution in [0, 0.1) is 0 Å². The number of carbonyl (C=O) groups is 2. The van der Waals surface area contributed by atoms with Crippen LogP contribution in [0.1, 0.15) is 25.8 Å². The molecule has 0 atom stereocenters. The van der Waals surface area contributed by atoms with E-state index in [1.54, 1.807) is 31.2 Å². The Kier molecular flexibility index (Phi) is 8.16. The summed E-state index contributed by atoms with van der Waals surface area (Å²) in [5, 5.41) is 2.84. The summed E-state index contributed by atoms with van der Waals surface area (Å²) in [6.07, 6.45) is 0.916. The van der Waals surface area contributed by atoms with Crippen LogP contribution in [0.15, 0.2) is 48.5 Å². The van der Waals surface area contributed by atoms with Gasteiger partial charge in [-0.25, -0.2) is 4.79 Å². The first-order chi connectivity index (χ1) is 13.1. The second kappa shape index (κ2) is 10.9. The van der Waals surface area contributed by atoms with Crippen LogP contribution >= 0.6 is 0 Å². The maximum atomic E-state index is 12.3. The molecule has 0 fully saturated rings. The molecule has 0 saturated heterocycles.